The first-order chi connectivity index (χ1) is 7.02. The number of hydrogen-bond acceptors (Lipinski definition) is 2. The topological polar surface area (TPSA) is 55.1 Å². The summed E-state index contributed by atoms with van der Waals surface area (Å²) < 4.78 is 0. The first-order valence-electron chi connectivity index (χ1n) is 6.07. The molecular formula is C12H24N2O. The van der Waals surface area contributed by atoms with E-state index < -0.39 is 0 Å². The maximum absolute atomic E-state index is 11.6. The van der Waals surface area contributed by atoms with Gasteiger partial charge in [0.25, 0.3) is 0 Å². The molecule has 0 aromatic carbocycles. The van der Waals surface area contributed by atoms with Crippen molar-refractivity contribution in [1.29, 1.82) is 0 Å². The second-order valence-electron chi connectivity index (χ2n) is 5.28. The minimum atomic E-state index is -0.206. The number of rotatable bonds is 5. The molecule has 1 fully saturated rings. The Morgan fingerprint density at radius 3 is 2.53 bits per heavy atom. The first-order valence-corrected chi connectivity index (χ1v) is 6.07. The van der Waals surface area contributed by atoms with Crippen molar-refractivity contribution in [2.45, 2.75) is 57.9 Å². The Hall–Kier alpha value is -0.570. The Bertz CT molecular complexity index is 208. The quantitative estimate of drug-likeness (QED) is 0.730. The molecule has 0 aromatic heterocycles. The van der Waals surface area contributed by atoms with Crippen LogP contribution in [0.25, 0.3) is 0 Å². The Balaban J connectivity index is 2.18. The van der Waals surface area contributed by atoms with E-state index >= 15 is 0 Å². The van der Waals surface area contributed by atoms with Crippen molar-refractivity contribution in [2.24, 2.45) is 11.7 Å². The number of carbonyl (C=O) groups is 1. The van der Waals surface area contributed by atoms with Crippen LogP contribution < -0.4 is 11.1 Å². The third-order valence-corrected chi connectivity index (χ3v) is 3.16. The summed E-state index contributed by atoms with van der Waals surface area (Å²) in [5, 5.41) is 2.95. The maximum atomic E-state index is 11.6. The van der Waals surface area contributed by atoms with Gasteiger partial charge in [-0.15, -0.1) is 0 Å². The Labute approximate surface area is 92.8 Å². The lowest BCUT2D eigenvalue weighted by atomic mass is 9.94. The lowest BCUT2D eigenvalue weighted by Gasteiger charge is -2.22. The van der Waals surface area contributed by atoms with Crippen molar-refractivity contribution in [1.82, 2.24) is 5.32 Å². The van der Waals surface area contributed by atoms with E-state index in [1.807, 2.05) is 0 Å². The lowest BCUT2D eigenvalue weighted by molar-refractivity contribution is -0.122. The van der Waals surface area contributed by atoms with Crippen molar-refractivity contribution in [3.05, 3.63) is 0 Å². The van der Waals surface area contributed by atoms with Gasteiger partial charge in [0.1, 0.15) is 0 Å². The molecule has 88 valence electrons. The molecule has 1 saturated carbocycles. The maximum Gasteiger partial charge on any atom is 0.221 e. The summed E-state index contributed by atoms with van der Waals surface area (Å²) in [5.41, 5.74) is 5.92. The monoisotopic (exact) mass is 212 g/mol. The molecule has 0 aliphatic heterocycles. The van der Waals surface area contributed by atoms with E-state index in [-0.39, 0.29) is 11.4 Å². The average Bonchev–Trinajstić information content (AvgIpc) is 2.50. The van der Waals surface area contributed by atoms with Gasteiger partial charge >= 0.3 is 0 Å². The number of nitrogens with one attached hydrogen (secondary N) is 1. The van der Waals surface area contributed by atoms with Crippen LogP contribution in [0.15, 0.2) is 0 Å². The summed E-state index contributed by atoms with van der Waals surface area (Å²) in [6.45, 7) is 5.10. The zero-order valence-electron chi connectivity index (χ0n) is 10.0. The van der Waals surface area contributed by atoms with E-state index in [0.29, 0.717) is 12.3 Å². The molecule has 0 aromatic rings. The van der Waals surface area contributed by atoms with Gasteiger partial charge in [-0.2, -0.15) is 0 Å². The highest BCUT2D eigenvalue weighted by atomic mass is 16.1. The van der Waals surface area contributed by atoms with Gasteiger partial charge in [0, 0.05) is 18.5 Å². The van der Waals surface area contributed by atoms with E-state index in [4.69, 9.17) is 5.73 Å². The van der Waals surface area contributed by atoms with Crippen LogP contribution in [0.5, 0.6) is 0 Å². The van der Waals surface area contributed by atoms with E-state index in [1.165, 1.54) is 12.8 Å². The molecule has 3 nitrogen and oxygen atoms in total. The van der Waals surface area contributed by atoms with Gasteiger partial charge in [0.05, 0.1) is 0 Å². The van der Waals surface area contributed by atoms with E-state index in [0.717, 1.165) is 25.8 Å². The van der Waals surface area contributed by atoms with Crippen molar-refractivity contribution >= 4 is 5.91 Å². The fourth-order valence-corrected chi connectivity index (χ4v) is 2.14. The van der Waals surface area contributed by atoms with Crippen LogP contribution in [0.3, 0.4) is 0 Å². The molecule has 3 heteroatoms. The van der Waals surface area contributed by atoms with Crippen LogP contribution in [0.4, 0.5) is 0 Å². The number of nitrogens with two attached hydrogens (primary N) is 1. The summed E-state index contributed by atoms with van der Waals surface area (Å²) in [6.07, 6.45) is 5.91. The predicted molar refractivity (Wildman–Crippen MR) is 62.5 cm³/mol. The highest BCUT2D eigenvalue weighted by Crippen LogP contribution is 2.29. The lowest BCUT2D eigenvalue weighted by Crippen LogP contribution is -2.42. The van der Waals surface area contributed by atoms with Crippen molar-refractivity contribution in [2.75, 3.05) is 6.54 Å². The van der Waals surface area contributed by atoms with Gasteiger partial charge < -0.3 is 11.1 Å². The molecule has 0 unspecified atom stereocenters. The second kappa shape index (κ2) is 5.50. The minimum absolute atomic E-state index is 0.125. The second-order valence-corrected chi connectivity index (χ2v) is 5.28. The number of amides is 1. The molecule has 1 aliphatic carbocycles. The Kier molecular flexibility index (Phi) is 4.58. The van der Waals surface area contributed by atoms with Crippen LogP contribution in [0.2, 0.25) is 0 Å². The predicted octanol–water partition coefficient (Wildman–Crippen LogP) is 1.81. The average molecular weight is 212 g/mol. The fourth-order valence-electron chi connectivity index (χ4n) is 2.14. The van der Waals surface area contributed by atoms with Crippen molar-refractivity contribution in [3.63, 3.8) is 0 Å². The summed E-state index contributed by atoms with van der Waals surface area (Å²) in [7, 11) is 0. The molecule has 0 saturated heterocycles. The SMILES string of the molecule is CC(C)CCNC(=O)CC1(N)CCCC1. The molecule has 1 aliphatic rings. The highest BCUT2D eigenvalue weighted by Gasteiger charge is 2.31. The molecule has 3 N–H and O–H groups in total. The van der Waals surface area contributed by atoms with Crippen molar-refractivity contribution in [3.8, 4) is 0 Å². The third kappa shape index (κ3) is 4.65. The molecule has 0 bridgehead atoms. The third-order valence-electron chi connectivity index (χ3n) is 3.16. The molecule has 1 rings (SSSR count). The first kappa shape index (κ1) is 12.5. The van der Waals surface area contributed by atoms with Gasteiger partial charge in [-0.05, 0) is 25.2 Å². The number of hydrogen-bond donors (Lipinski definition) is 2. The van der Waals surface area contributed by atoms with E-state index in [9.17, 15) is 4.79 Å². The normalized spacial score (nSPS) is 19.5. The van der Waals surface area contributed by atoms with Crippen LogP contribution in [0, 0.1) is 5.92 Å². The fraction of sp³-hybridized carbons (Fsp3) is 0.917. The zero-order valence-corrected chi connectivity index (χ0v) is 10.0. The Morgan fingerprint density at radius 2 is 2.00 bits per heavy atom. The van der Waals surface area contributed by atoms with Gasteiger partial charge in [0.2, 0.25) is 5.91 Å². The molecular weight excluding hydrogens is 188 g/mol. The van der Waals surface area contributed by atoms with Gasteiger partial charge in [-0.1, -0.05) is 26.7 Å². The summed E-state index contributed by atoms with van der Waals surface area (Å²) in [5.74, 6) is 0.767. The number of carbonyl (C=O) groups excluding carboxylic acids is 1. The highest BCUT2D eigenvalue weighted by molar-refractivity contribution is 5.77. The summed E-state index contributed by atoms with van der Waals surface area (Å²) in [6, 6.07) is 0. The Morgan fingerprint density at radius 1 is 1.40 bits per heavy atom. The van der Waals surface area contributed by atoms with Crippen molar-refractivity contribution < 1.29 is 4.79 Å². The zero-order chi connectivity index (χ0) is 11.3. The standard InChI is InChI=1S/C12H24N2O/c1-10(2)5-8-14-11(15)9-12(13)6-3-4-7-12/h10H,3-9,13H2,1-2H3,(H,14,15). The smallest absolute Gasteiger partial charge is 0.221 e. The molecule has 15 heavy (non-hydrogen) atoms. The van der Waals surface area contributed by atoms with Crippen LogP contribution in [0.1, 0.15) is 52.4 Å². The molecule has 1 amide bonds. The summed E-state index contributed by atoms with van der Waals surface area (Å²) in [4.78, 5) is 11.6. The van der Waals surface area contributed by atoms with Crippen LogP contribution in [-0.2, 0) is 4.79 Å². The van der Waals surface area contributed by atoms with Gasteiger partial charge in [-0.3, -0.25) is 4.79 Å². The van der Waals surface area contributed by atoms with Gasteiger partial charge in [-0.25, -0.2) is 0 Å². The van der Waals surface area contributed by atoms with E-state index in [1.54, 1.807) is 0 Å². The van der Waals surface area contributed by atoms with Crippen LogP contribution >= 0.6 is 0 Å². The molecule has 0 spiro atoms. The molecule has 0 heterocycles. The summed E-state index contributed by atoms with van der Waals surface area (Å²) >= 11 is 0. The molecule has 0 radical (unpaired) electrons. The van der Waals surface area contributed by atoms with Gasteiger partial charge in [0.15, 0.2) is 0 Å². The van der Waals surface area contributed by atoms with Crippen LogP contribution in [-0.4, -0.2) is 18.0 Å². The van der Waals surface area contributed by atoms with E-state index in [2.05, 4.69) is 19.2 Å². The largest absolute Gasteiger partial charge is 0.356 e. The minimum Gasteiger partial charge on any atom is -0.356 e. The molecule has 0 atom stereocenters.